The van der Waals surface area contributed by atoms with E-state index in [0.29, 0.717) is 143 Å². The van der Waals surface area contributed by atoms with Gasteiger partial charge < -0.3 is 53.7 Å². The van der Waals surface area contributed by atoms with Crippen LogP contribution in [0.5, 0.6) is 0 Å². The van der Waals surface area contributed by atoms with Crippen molar-refractivity contribution in [2.45, 2.75) is 25.7 Å². The summed E-state index contributed by atoms with van der Waals surface area (Å²) in [5, 5.41) is 2.73. The third-order valence-corrected chi connectivity index (χ3v) is 6.63. The molecule has 0 aliphatic heterocycles. The number of carbonyl (C=O) groups is 1. The van der Waals surface area contributed by atoms with Crippen LogP contribution in [0, 0.1) is 29.6 Å². The van der Waals surface area contributed by atoms with Crippen LogP contribution in [0.1, 0.15) is 25.7 Å². The molecule has 1 saturated carbocycles. The molecule has 0 bridgehead atoms. The maximum atomic E-state index is 11.9. The number of alkyl carbamates (subject to hydrolysis) is 1. The van der Waals surface area contributed by atoms with Gasteiger partial charge in [0.05, 0.1) is 112 Å². The number of nitrogens with one attached hydrogen (secondary N) is 1. The van der Waals surface area contributed by atoms with Crippen molar-refractivity contribution in [1.82, 2.24) is 5.32 Å². The van der Waals surface area contributed by atoms with E-state index in [1.54, 1.807) is 0 Å². The molecule has 2 unspecified atom stereocenters. The summed E-state index contributed by atoms with van der Waals surface area (Å²) in [6.07, 6.45) is 3.81. The maximum Gasteiger partial charge on any atom is 0.407 e. The molecule has 1 amide bonds. The van der Waals surface area contributed by atoms with Crippen LogP contribution in [0.25, 0.3) is 0 Å². The normalized spacial score (nSPS) is 19.5. The molecule has 12 nitrogen and oxygen atoms in total. The van der Waals surface area contributed by atoms with Crippen molar-refractivity contribution in [3.05, 3.63) is 0 Å². The van der Waals surface area contributed by atoms with Crippen LogP contribution in [0.4, 0.5) is 4.79 Å². The predicted octanol–water partition coefficient (Wildman–Crippen LogP) is 1.24. The molecule has 0 heterocycles. The number of carbonyl (C=O) groups excluding carboxylic acids is 1. The standard InChI is InChI=1S/C29H52N2O10/c30-7-9-33-11-13-35-15-17-37-19-21-39-23-24-40-22-20-38-18-16-36-14-12-34-10-8-31-29(32)41-25-28-26-5-3-1-2-4-6-27(26)28/h26-28H,3-25,30H2,(H,31,32). The molecule has 0 aromatic heterocycles. The fourth-order valence-electron chi connectivity index (χ4n) is 4.46. The van der Waals surface area contributed by atoms with E-state index in [0.717, 1.165) is 25.7 Å². The van der Waals surface area contributed by atoms with Gasteiger partial charge >= 0.3 is 6.09 Å². The zero-order valence-corrected chi connectivity index (χ0v) is 24.7. The van der Waals surface area contributed by atoms with Crippen LogP contribution in [0.2, 0.25) is 0 Å². The lowest BCUT2D eigenvalue weighted by Gasteiger charge is -2.09. The second kappa shape index (κ2) is 26.1. The minimum absolute atomic E-state index is 0.377. The summed E-state index contributed by atoms with van der Waals surface area (Å²) in [6.45, 7) is 9.51. The Labute approximate surface area is 245 Å². The maximum absolute atomic E-state index is 11.9. The van der Waals surface area contributed by atoms with E-state index < -0.39 is 0 Å². The second-order valence-electron chi connectivity index (χ2n) is 9.64. The third-order valence-electron chi connectivity index (χ3n) is 6.63. The van der Waals surface area contributed by atoms with Gasteiger partial charge in [0.2, 0.25) is 0 Å². The number of nitrogens with two attached hydrogens (primary N) is 1. The monoisotopic (exact) mass is 588 g/mol. The SMILES string of the molecule is NCCOCCOCCOCCOCCOCCOCCOCCOCCNC(=O)OCC1C2CCC#CCCC21. The second-order valence-corrected chi connectivity index (χ2v) is 9.64. The number of amides is 1. The highest BCUT2D eigenvalue weighted by molar-refractivity contribution is 5.67. The van der Waals surface area contributed by atoms with E-state index in [9.17, 15) is 4.79 Å². The first-order valence-electron chi connectivity index (χ1n) is 15.0. The van der Waals surface area contributed by atoms with Gasteiger partial charge in [-0.3, -0.25) is 0 Å². The van der Waals surface area contributed by atoms with Crippen molar-refractivity contribution in [3.63, 3.8) is 0 Å². The Hall–Kier alpha value is -1.53. The number of hydrogen-bond donors (Lipinski definition) is 2. The van der Waals surface area contributed by atoms with Crippen molar-refractivity contribution in [3.8, 4) is 11.8 Å². The third kappa shape index (κ3) is 20.1. The molecule has 1 fully saturated rings. The largest absolute Gasteiger partial charge is 0.449 e. The fourth-order valence-corrected chi connectivity index (χ4v) is 4.46. The van der Waals surface area contributed by atoms with Crippen LogP contribution in [-0.2, 0) is 42.6 Å². The van der Waals surface area contributed by atoms with Crippen LogP contribution in [0.15, 0.2) is 0 Å². The number of hydrogen-bond acceptors (Lipinski definition) is 11. The number of ether oxygens (including phenoxy) is 9. The van der Waals surface area contributed by atoms with Crippen molar-refractivity contribution >= 4 is 6.09 Å². The lowest BCUT2D eigenvalue weighted by Crippen LogP contribution is -2.29. The van der Waals surface area contributed by atoms with Gasteiger partial charge in [0.25, 0.3) is 0 Å². The first-order chi connectivity index (χ1) is 20.3. The molecule has 2 atom stereocenters. The highest BCUT2D eigenvalue weighted by Crippen LogP contribution is 2.52. The summed E-state index contributed by atoms with van der Waals surface area (Å²) in [6, 6.07) is 0. The van der Waals surface area contributed by atoms with Crippen LogP contribution in [0.3, 0.4) is 0 Å². The average molecular weight is 589 g/mol. The number of rotatable bonds is 28. The van der Waals surface area contributed by atoms with Gasteiger partial charge in [-0.25, -0.2) is 4.79 Å². The molecule has 0 spiro atoms. The van der Waals surface area contributed by atoms with Crippen LogP contribution >= 0.6 is 0 Å². The Kier molecular flexibility index (Phi) is 22.7. The molecule has 41 heavy (non-hydrogen) atoms. The van der Waals surface area contributed by atoms with E-state index in [4.69, 9.17) is 48.4 Å². The van der Waals surface area contributed by atoms with E-state index in [1.165, 1.54) is 0 Å². The van der Waals surface area contributed by atoms with Crippen molar-refractivity contribution < 1.29 is 47.4 Å². The average Bonchev–Trinajstić information content (AvgIpc) is 3.62. The topological polar surface area (TPSA) is 138 Å². The van der Waals surface area contributed by atoms with E-state index in [-0.39, 0.29) is 6.09 Å². The molecule has 12 heteroatoms. The highest BCUT2D eigenvalue weighted by atomic mass is 16.6. The molecule has 3 N–H and O–H groups in total. The summed E-state index contributed by atoms with van der Waals surface area (Å²) < 4.78 is 48.7. The van der Waals surface area contributed by atoms with Crippen molar-refractivity contribution in [2.24, 2.45) is 23.5 Å². The van der Waals surface area contributed by atoms with E-state index >= 15 is 0 Å². The predicted molar refractivity (Wildman–Crippen MR) is 152 cm³/mol. The summed E-state index contributed by atoms with van der Waals surface area (Å²) >= 11 is 0. The smallest absolute Gasteiger partial charge is 0.407 e. The van der Waals surface area contributed by atoms with E-state index in [2.05, 4.69) is 17.2 Å². The van der Waals surface area contributed by atoms with Gasteiger partial charge in [-0.1, -0.05) is 0 Å². The van der Waals surface area contributed by atoms with Crippen molar-refractivity contribution in [1.29, 1.82) is 0 Å². The lowest BCUT2D eigenvalue weighted by atomic mass is 10.1. The molecule has 2 aliphatic rings. The Bertz CT molecular complexity index is 672. The minimum atomic E-state index is -0.377. The highest BCUT2D eigenvalue weighted by Gasteiger charge is 2.49. The quantitative estimate of drug-likeness (QED) is 0.101. The lowest BCUT2D eigenvalue weighted by molar-refractivity contribution is -0.0228. The van der Waals surface area contributed by atoms with Crippen LogP contribution in [-0.4, -0.2) is 131 Å². The number of fused-ring (bicyclic) bond motifs is 1. The Morgan fingerprint density at radius 2 is 0.951 bits per heavy atom. The van der Waals surface area contributed by atoms with Crippen molar-refractivity contribution in [2.75, 3.05) is 125 Å². The van der Waals surface area contributed by atoms with Crippen LogP contribution < -0.4 is 11.1 Å². The summed E-state index contributed by atoms with van der Waals surface area (Å²) in [5.74, 6) is 8.25. The Morgan fingerprint density at radius 1 is 0.585 bits per heavy atom. The van der Waals surface area contributed by atoms with Gasteiger partial charge in [0.1, 0.15) is 0 Å². The molecule has 0 aromatic rings. The van der Waals surface area contributed by atoms with Gasteiger partial charge in [-0.2, -0.15) is 0 Å². The minimum Gasteiger partial charge on any atom is -0.449 e. The molecular weight excluding hydrogens is 536 g/mol. The van der Waals surface area contributed by atoms with E-state index in [1.807, 2.05) is 0 Å². The summed E-state index contributed by atoms with van der Waals surface area (Å²) in [5.41, 5.74) is 5.33. The molecule has 2 rings (SSSR count). The molecular formula is C29H52N2O10. The Balaban J connectivity index is 1.19. The molecule has 2 aliphatic carbocycles. The van der Waals surface area contributed by atoms with Gasteiger partial charge in [-0.05, 0) is 30.6 Å². The zero-order chi connectivity index (χ0) is 29.1. The zero-order valence-electron chi connectivity index (χ0n) is 24.7. The first-order valence-corrected chi connectivity index (χ1v) is 15.0. The Morgan fingerprint density at radius 3 is 1.34 bits per heavy atom. The summed E-state index contributed by atoms with van der Waals surface area (Å²) in [4.78, 5) is 11.9. The van der Waals surface area contributed by atoms with Gasteiger partial charge in [-0.15, -0.1) is 11.8 Å². The van der Waals surface area contributed by atoms with Gasteiger partial charge in [0, 0.05) is 25.9 Å². The molecule has 0 radical (unpaired) electrons. The molecule has 238 valence electrons. The first kappa shape index (κ1) is 35.7. The fraction of sp³-hybridized carbons (Fsp3) is 0.897. The summed E-state index contributed by atoms with van der Waals surface area (Å²) in [7, 11) is 0. The van der Waals surface area contributed by atoms with Gasteiger partial charge in [0.15, 0.2) is 0 Å². The molecule has 0 saturated heterocycles. The molecule has 0 aromatic carbocycles.